The molecule has 1 heterocycles. The standard InChI is InChI=1S/C25H34O4/c1-15-9-12-19-18(13-15)22-20(29-25(19,2)3)14-17(21(23(22)26)24(27)28)8-6-4-5-7-16-10-11-16/h13-14,16,18-19,26H,4-12H2,1-3H3,(H,27,28)/t18-,19-/m1/s1. The number of carbonyl (C=O) groups is 1. The molecule has 2 atom stereocenters. The fourth-order valence-corrected chi connectivity index (χ4v) is 5.38. The molecule has 0 aromatic heterocycles. The van der Waals surface area contributed by atoms with E-state index in [0.717, 1.165) is 31.6 Å². The maximum absolute atomic E-state index is 12.1. The highest BCUT2D eigenvalue weighted by Crippen LogP contribution is 2.54. The van der Waals surface area contributed by atoms with Gasteiger partial charge in [0.25, 0.3) is 0 Å². The molecule has 0 unspecified atom stereocenters. The zero-order chi connectivity index (χ0) is 20.8. The van der Waals surface area contributed by atoms with Crippen molar-refractivity contribution in [3.05, 3.63) is 34.4 Å². The number of hydrogen-bond donors (Lipinski definition) is 2. The third kappa shape index (κ3) is 4.04. The van der Waals surface area contributed by atoms with Gasteiger partial charge in [0, 0.05) is 17.4 Å². The van der Waals surface area contributed by atoms with E-state index in [9.17, 15) is 15.0 Å². The molecule has 1 aromatic carbocycles. The van der Waals surface area contributed by atoms with Crippen molar-refractivity contribution in [3.63, 3.8) is 0 Å². The summed E-state index contributed by atoms with van der Waals surface area (Å²) >= 11 is 0. The molecule has 2 N–H and O–H groups in total. The lowest BCUT2D eigenvalue weighted by atomic mass is 9.67. The smallest absolute Gasteiger partial charge is 0.339 e. The van der Waals surface area contributed by atoms with Gasteiger partial charge in [-0.15, -0.1) is 0 Å². The molecule has 4 nitrogen and oxygen atoms in total. The molecule has 3 aliphatic rings. The highest BCUT2D eigenvalue weighted by atomic mass is 16.5. The summed E-state index contributed by atoms with van der Waals surface area (Å²) in [5.74, 6) is 0.717. The fraction of sp³-hybridized carbons (Fsp3) is 0.640. The van der Waals surface area contributed by atoms with Crippen molar-refractivity contribution >= 4 is 5.97 Å². The van der Waals surface area contributed by atoms with E-state index >= 15 is 0 Å². The summed E-state index contributed by atoms with van der Waals surface area (Å²) < 4.78 is 6.37. The maximum Gasteiger partial charge on any atom is 0.339 e. The van der Waals surface area contributed by atoms with Gasteiger partial charge < -0.3 is 14.9 Å². The molecule has 1 aromatic rings. The first-order chi connectivity index (χ1) is 13.8. The van der Waals surface area contributed by atoms with Crippen molar-refractivity contribution in [3.8, 4) is 11.5 Å². The number of rotatable bonds is 7. The Labute approximate surface area is 174 Å². The zero-order valence-electron chi connectivity index (χ0n) is 18.0. The van der Waals surface area contributed by atoms with Gasteiger partial charge >= 0.3 is 5.97 Å². The molecule has 1 aliphatic heterocycles. The van der Waals surface area contributed by atoms with Crippen molar-refractivity contribution in [1.82, 2.24) is 0 Å². The van der Waals surface area contributed by atoms with Crippen LogP contribution in [-0.4, -0.2) is 21.8 Å². The average Bonchev–Trinajstić information content (AvgIpc) is 3.44. The van der Waals surface area contributed by atoms with Crippen LogP contribution in [0.15, 0.2) is 17.7 Å². The van der Waals surface area contributed by atoms with Gasteiger partial charge in [0.1, 0.15) is 22.7 Å². The first kappa shape index (κ1) is 20.3. The number of aryl methyl sites for hydroxylation is 1. The second kappa shape index (κ2) is 7.70. The molecule has 0 bridgehead atoms. The van der Waals surface area contributed by atoms with Gasteiger partial charge in [-0.3, -0.25) is 0 Å². The number of ether oxygens (including phenoxy) is 1. The minimum Gasteiger partial charge on any atom is -0.507 e. The van der Waals surface area contributed by atoms with Gasteiger partial charge in [0.2, 0.25) is 0 Å². The summed E-state index contributed by atoms with van der Waals surface area (Å²) in [5.41, 5.74) is 2.40. The Morgan fingerprint density at radius 2 is 1.97 bits per heavy atom. The zero-order valence-corrected chi connectivity index (χ0v) is 18.0. The topological polar surface area (TPSA) is 66.8 Å². The van der Waals surface area contributed by atoms with E-state index in [1.54, 1.807) is 0 Å². The summed E-state index contributed by atoms with van der Waals surface area (Å²) in [6.45, 7) is 6.34. The Morgan fingerprint density at radius 1 is 1.21 bits per heavy atom. The van der Waals surface area contributed by atoms with Gasteiger partial charge in [-0.05, 0) is 64.0 Å². The third-order valence-electron chi connectivity index (χ3n) is 7.20. The molecular formula is C25H34O4. The minimum absolute atomic E-state index is 0.00759. The normalized spacial score (nSPS) is 24.9. The number of unbranched alkanes of at least 4 members (excludes halogenated alkanes) is 2. The second-order valence-corrected chi connectivity index (χ2v) is 9.91. The number of carboxylic acid groups (broad SMARTS) is 1. The third-order valence-corrected chi connectivity index (χ3v) is 7.20. The van der Waals surface area contributed by atoms with Crippen LogP contribution in [-0.2, 0) is 6.42 Å². The van der Waals surface area contributed by atoms with Gasteiger partial charge in [-0.1, -0.05) is 43.8 Å². The molecule has 0 saturated heterocycles. The summed E-state index contributed by atoms with van der Waals surface area (Å²) in [7, 11) is 0. The molecule has 4 rings (SSSR count). The Morgan fingerprint density at radius 3 is 2.66 bits per heavy atom. The van der Waals surface area contributed by atoms with E-state index in [2.05, 4.69) is 26.8 Å². The van der Waals surface area contributed by atoms with Gasteiger partial charge in [-0.2, -0.15) is 0 Å². The highest BCUT2D eigenvalue weighted by molar-refractivity contribution is 5.94. The Hall–Kier alpha value is -1.97. The van der Waals surface area contributed by atoms with Crippen molar-refractivity contribution in [2.75, 3.05) is 0 Å². The van der Waals surface area contributed by atoms with Crippen LogP contribution in [0.5, 0.6) is 11.5 Å². The molecule has 4 heteroatoms. The fourth-order valence-electron chi connectivity index (χ4n) is 5.38. The number of aromatic carboxylic acids is 1. The maximum atomic E-state index is 12.1. The van der Waals surface area contributed by atoms with Crippen LogP contribution < -0.4 is 4.74 Å². The first-order valence-corrected chi connectivity index (χ1v) is 11.3. The lowest BCUT2D eigenvalue weighted by Crippen LogP contribution is -2.45. The predicted molar refractivity (Wildman–Crippen MR) is 114 cm³/mol. The molecule has 1 fully saturated rings. The number of hydrogen-bond acceptors (Lipinski definition) is 3. The molecule has 1 saturated carbocycles. The number of aromatic hydroxyl groups is 1. The van der Waals surface area contributed by atoms with E-state index in [0.29, 0.717) is 23.3 Å². The Balaban J connectivity index is 1.65. The largest absolute Gasteiger partial charge is 0.507 e. The van der Waals surface area contributed by atoms with Gasteiger partial charge in [-0.25, -0.2) is 4.79 Å². The number of benzene rings is 1. The number of allylic oxidation sites excluding steroid dienone is 2. The molecule has 158 valence electrons. The van der Waals surface area contributed by atoms with Crippen LogP contribution in [0.3, 0.4) is 0 Å². The van der Waals surface area contributed by atoms with Gasteiger partial charge in [0.15, 0.2) is 0 Å². The minimum atomic E-state index is -1.05. The summed E-state index contributed by atoms with van der Waals surface area (Å²) in [6, 6.07) is 1.90. The summed E-state index contributed by atoms with van der Waals surface area (Å²) in [6.07, 6.45) is 12.2. The van der Waals surface area contributed by atoms with E-state index < -0.39 is 5.97 Å². The number of phenols is 1. The van der Waals surface area contributed by atoms with Crippen LogP contribution in [0.25, 0.3) is 0 Å². The predicted octanol–water partition coefficient (Wildman–Crippen LogP) is 6.21. The van der Waals surface area contributed by atoms with E-state index in [1.807, 2.05) is 6.07 Å². The van der Waals surface area contributed by atoms with Crippen LogP contribution in [0.4, 0.5) is 0 Å². The first-order valence-electron chi connectivity index (χ1n) is 11.3. The Kier molecular flexibility index (Phi) is 5.39. The SMILES string of the molecule is CC1=C[C@H]2c3c(cc(CCCCCC4CC4)c(C(=O)O)c3O)OC(C)(C)[C@@H]2CC1. The van der Waals surface area contributed by atoms with Crippen LogP contribution in [0, 0.1) is 11.8 Å². The molecule has 2 aliphatic carbocycles. The monoisotopic (exact) mass is 398 g/mol. The number of carboxylic acids is 1. The van der Waals surface area contributed by atoms with E-state index in [-0.39, 0.29) is 28.7 Å². The molecule has 29 heavy (non-hydrogen) atoms. The molecule has 0 spiro atoms. The van der Waals surface area contributed by atoms with Crippen LogP contribution >= 0.6 is 0 Å². The summed E-state index contributed by atoms with van der Waals surface area (Å²) in [5, 5.41) is 20.9. The van der Waals surface area contributed by atoms with E-state index in [4.69, 9.17) is 4.74 Å². The lowest BCUT2D eigenvalue weighted by molar-refractivity contribution is 0.0106. The molecule has 0 amide bonds. The summed E-state index contributed by atoms with van der Waals surface area (Å²) in [4.78, 5) is 12.1. The number of fused-ring (bicyclic) bond motifs is 3. The van der Waals surface area contributed by atoms with Crippen molar-refractivity contribution < 1.29 is 19.7 Å². The highest BCUT2D eigenvalue weighted by Gasteiger charge is 2.46. The van der Waals surface area contributed by atoms with Crippen LogP contribution in [0.2, 0.25) is 0 Å². The van der Waals surface area contributed by atoms with Crippen molar-refractivity contribution in [2.24, 2.45) is 11.8 Å². The van der Waals surface area contributed by atoms with Gasteiger partial charge in [0.05, 0.1) is 0 Å². The molecule has 0 radical (unpaired) electrons. The second-order valence-electron chi connectivity index (χ2n) is 9.91. The lowest BCUT2D eigenvalue weighted by Gasteiger charge is -2.46. The molecular weight excluding hydrogens is 364 g/mol. The van der Waals surface area contributed by atoms with Crippen LogP contribution in [0.1, 0.15) is 99.5 Å². The quantitative estimate of drug-likeness (QED) is 0.423. The van der Waals surface area contributed by atoms with E-state index in [1.165, 1.54) is 31.3 Å². The Bertz CT molecular complexity index is 832. The van der Waals surface area contributed by atoms with Crippen molar-refractivity contribution in [2.45, 2.75) is 90.1 Å². The van der Waals surface area contributed by atoms with Crippen molar-refractivity contribution in [1.29, 1.82) is 0 Å². The average molecular weight is 399 g/mol.